The number of rotatable bonds is 4. The average Bonchev–Trinajstić information content (AvgIpc) is 2.61. The fourth-order valence-corrected chi connectivity index (χ4v) is 1.91. The number of aliphatic hydroxyl groups is 1. The molecule has 2 aromatic rings. The number of nitrogens with zero attached hydrogens (tertiary/aromatic N) is 1. The van der Waals surface area contributed by atoms with Crippen molar-refractivity contribution < 1.29 is 9.50 Å². The first-order chi connectivity index (χ1) is 7.70. The van der Waals surface area contributed by atoms with E-state index in [1.54, 1.807) is 6.07 Å². The Morgan fingerprint density at radius 2 is 2.19 bits per heavy atom. The van der Waals surface area contributed by atoms with Crippen LogP contribution in [0.15, 0.2) is 16.6 Å². The molecule has 0 spiro atoms. The van der Waals surface area contributed by atoms with Crippen LogP contribution in [-0.2, 0) is 6.42 Å². The highest BCUT2D eigenvalue weighted by Gasteiger charge is 2.06. The minimum Gasteiger partial charge on any atom is -0.396 e. The summed E-state index contributed by atoms with van der Waals surface area (Å²) in [6.45, 7) is 0.195. The molecule has 0 aliphatic heterocycles. The number of hydrogen-bond acceptors (Lipinski definition) is 2. The Hall–Kier alpha value is -0.940. The number of imidazole rings is 1. The summed E-state index contributed by atoms with van der Waals surface area (Å²) < 4.78 is 13.7. The van der Waals surface area contributed by atoms with E-state index >= 15 is 0 Å². The van der Waals surface area contributed by atoms with Crippen molar-refractivity contribution in [1.29, 1.82) is 0 Å². The molecule has 0 aliphatic rings. The lowest BCUT2D eigenvalue weighted by Gasteiger charge is -1.93. The second-order valence-electron chi connectivity index (χ2n) is 3.65. The van der Waals surface area contributed by atoms with Gasteiger partial charge in [-0.3, -0.25) is 0 Å². The first-order valence-corrected chi connectivity index (χ1v) is 5.94. The van der Waals surface area contributed by atoms with Crippen LogP contribution in [0.5, 0.6) is 0 Å². The molecule has 2 rings (SSSR count). The van der Waals surface area contributed by atoms with Gasteiger partial charge in [-0.25, -0.2) is 9.37 Å². The average molecular weight is 287 g/mol. The molecule has 1 aromatic carbocycles. The molecule has 0 saturated heterocycles. The molecule has 0 unspecified atom stereocenters. The van der Waals surface area contributed by atoms with Crippen LogP contribution in [-0.4, -0.2) is 21.7 Å². The maximum atomic E-state index is 13.2. The molecule has 2 N–H and O–H groups in total. The van der Waals surface area contributed by atoms with Crippen molar-refractivity contribution in [2.45, 2.75) is 19.3 Å². The van der Waals surface area contributed by atoms with Crippen LogP contribution in [0.25, 0.3) is 11.0 Å². The third-order valence-corrected chi connectivity index (χ3v) is 3.00. The van der Waals surface area contributed by atoms with Gasteiger partial charge in [0.25, 0.3) is 0 Å². The standard InChI is InChI=1S/C11H12BrFN2O/c12-7-5-9-10(6-8(7)13)15-11(14-9)3-1-2-4-16/h5-6,16H,1-4H2,(H,14,15). The second-order valence-corrected chi connectivity index (χ2v) is 4.50. The number of H-pyrrole nitrogens is 1. The van der Waals surface area contributed by atoms with Gasteiger partial charge in [-0.2, -0.15) is 0 Å². The summed E-state index contributed by atoms with van der Waals surface area (Å²) in [5, 5.41) is 8.67. The lowest BCUT2D eigenvalue weighted by atomic mass is 10.2. The third kappa shape index (κ3) is 2.41. The zero-order valence-corrected chi connectivity index (χ0v) is 10.2. The number of nitrogens with one attached hydrogen (secondary N) is 1. The van der Waals surface area contributed by atoms with Crippen LogP contribution in [0, 0.1) is 5.82 Å². The molecule has 0 aliphatic carbocycles. The summed E-state index contributed by atoms with van der Waals surface area (Å²) in [4.78, 5) is 7.42. The molecule has 0 saturated carbocycles. The van der Waals surface area contributed by atoms with Gasteiger partial charge in [-0.15, -0.1) is 0 Å². The number of aromatic amines is 1. The van der Waals surface area contributed by atoms with Crippen LogP contribution in [0.1, 0.15) is 18.7 Å². The first-order valence-electron chi connectivity index (χ1n) is 5.15. The fraction of sp³-hybridized carbons (Fsp3) is 0.364. The smallest absolute Gasteiger partial charge is 0.139 e. The number of fused-ring (bicyclic) bond motifs is 1. The van der Waals surface area contributed by atoms with Crippen molar-refractivity contribution in [2.24, 2.45) is 0 Å². The van der Waals surface area contributed by atoms with E-state index in [9.17, 15) is 4.39 Å². The van der Waals surface area contributed by atoms with E-state index in [0.29, 0.717) is 9.99 Å². The summed E-state index contributed by atoms with van der Waals surface area (Å²) in [5.74, 6) is 0.541. The summed E-state index contributed by atoms with van der Waals surface area (Å²) in [6, 6.07) is 3.10. The number of halogens is 2. The van der Waals surface area contributed by atoms with Gasteiger partial charge in [0.15, 0.2) is 0 Å². The minimum absolute atomic E-state index is 0.195. The molecular weight excluding hydrogens is 275 g/mol. The normalized spacial score (nSPS) is 11.2. The van der Waals surface area contributed by atoms with Crippen molar-refractivity contribution >= 4 is 27.0 Å². The predicted molar refractivity (Wildman–Crippen MR) is 63.8 cm³/mol. The van der Waals surface area contributed by atoms with Gasteiger partial charge in [0.2, 0.25) is 0 Å². The molecule has 3 nitrogen and oxygen atoms in total. The van der Waals surface area contributed by atoms with Crippen molar-refractivity contribution in [3.63, 3.8) is 0 Å². The van der Waals surface area contributed by atoms with Gasteiger partial charge in [0, 0.05) is 19.1 Å². The van der Waals surface area contributed by atoms with E-state index in [2.05, 4.69) is 25.9 Å². The quantitative estimate of drug-likeness (QED) is 0.849. The van der Waals surface area contributed by atoms with Gasteiger partial charge in [-0.05, 0) is 34.8 Å². The zero-order chi connectivity index (χ0) is 11.5. The molecule has 1 heterocycles. The molecule has 0 bridgehead atoms. The van der Waals surface area contributed by atoms with Crippen molar-refractivity contribution in [2.75, 3.05) is 6.61 Å². The lowest BCUT2D eigenvalue weighted by Crippen LogP contribution is -1.90. The molecule has 86 valence electrons. The Bertz CT molecular complexity index is 459. The van der Waals surface area contributed by atoms with E-state index in [-0.39, 0.29) is 12.4 Å². The zero-order valence-electron chi connectivity index (χ0n) is 8.63. The molecule has 0 radical (unpaired) electrons. The minimum atomic E-state index is -0.293. The van der Waals surface area contributed by atoms with E-state index in [1.807, 2.05) is 0 Å². The first kappa shape index (κ1) is 11.5. The van der Waals surface area contributed by atoms with Gasteiger partial charge >= 0.3 is 0 Å². The van der Waals surface area contributed by atoms with Crippen molar-refractivity contribution in [1.82, 2.24) is 9.97 Å². The van der Waals surface area contributed by atoms with E-state index in [4.69, 9.17) is 5.11 Å². The van der Waals surface area contributed by atoms with Gasteiger partial charge in [0.05, 0.1) is 15.5 Å². The second kappa shape index (κ2) is 4.93. The summed E-state index contributed by atoms with van der Waals surface area (Å²) in [6.07, 6.45) is 2.41. The molecule has 0 amide bonds. The highest BCUT2D eigenvalue weighted by Crippen LogP contribution is 2.22. The van der Waals surface area contributed by atoms with Crippen LogP contribution in [0.4, 0.5) is 4.39 Å². The number of aliphatic hydroxyl groups excluding tert-OH is 1. The highest BCUT2D eigenvalue weighted by molar-refractivity contribution is 9.10. The molecule has 1 aromatic heterocycles. The van der Waals surface area contributed by atoms with Gasteiger partial charge in [0.1, 0.15) is 11.6 Å². The van der Waals surface area contributed by atoms with Crippen LogP contribution < -0.4 is 0 Å². The SMILES string of the molecule is OCCCCc1nc2cc(Br)c(F)cc2[nH]1. The monoisotopic (exact) mass is 286 g/mol. The Kier molecular flexibility index (Phi) is 3.56. The Balaban J connectivity index is 2.23. The van der Waals surface area contributed by atoms with E-state index in [1.165, 1.54) is 6.07 Å². The molecular formula is C11H12BrFN2O. The number of benzene rings is 1. The maximum absolute atomic E-state index is 13.2. The lowest BCUT2D eigenvalue weighted by molar-refractivity contribution is 0.284. The largest absolute Gasteiger partial charge is 0.396 e. The molecule has 16 heavy (non-hydrogen) atoms. The molecule has 0 atom stereocenters. The van der Waals surface area contributed by atoms with Gasteiger partial charge in [-0.1, -0.05) is 0 Å². The Morgan fingerprint density at radius 1 is 1.38 bits per heavy atom. The van der Waals surface area contributed by atoms with Crippen molar-refractivity contribution in [3.8, 4) is 0 Å². The number of aromatic nitrogens is 2. The Labute approximate surface area is 101 Å². The summed E-state index contributed by atoms with van der Waals surface area (Å²) in [5.41, 5.74) is 1.46. The highest BCUT2D eigenvalue weighted by atomic mass is 79.9. The van der Waals surface area contributed by atoms with Gasteiger partial charge < -0.3 is 10.1 Å². The van der Waals surface area contributed by atoms with Crippen molar-refractivity contribution in [3.05, 3.63) is 28.2 Å². The van der Waals surface area contributed by atoms with E-state index < -0.39 is 0 Å². The Morgan fingerprint density at radius 3 is 2.94 bits per heavy atom. The fourth-order valence-electron chi connectivity index (χ4n) is 1.58. The number of unbranched alkanes of at least 4 members (excludes halogenated alkanes) is 1. The number of hydrogen-bond donors (Lipinski definition) is 2. The van der Waals surface area contributed by atoms with E-state index in [0.717, 1.165) is 30.6 Å². The third-order valence-electron chi connectivity index (χ3n) is 2.39. The van der Waals surface area contributed by atoms with Crippen LogP contribution in [0.3, 0.4) is 0 Å². The maximum Gasteiger partial charge on any atom is 0.139 e. The summed E-state index contributed by atoms with van der Waals surface area (Å²) in [7, 11) is 0. The molecule has 0 fully saturated rings. The topological polar surface area (TPSA) is 48.9 Å². The van der Waals surface area contributed by atoms with Crippen LogP contribution in [0.2, 0.25) is 0 Å². The molecule has 5 heteroatoms. The summed E-state index contributed by atoms with van der Waals surface area (Å²) >= 11 is 3.13. The number of aryl methyl sites for hydroxylation is 1. The van der Waals surface area contributed by atoms with Crippen LogP contribution >= 0.6 is 15.9 Å². The predicted octanol–water partition coefficient (Wildman–Crippen LogP) is 2.78.